The average molecular weight is 187 g/mol. The van der Waals surface area contributed by atoms with Gasteiger partial charge in [-0.05, 0) is 19.8 Å². The fourth-order valence-electron chi connectivity index (χ4n) is 1.55. The van der Waals surface area contributed by atoms with Crippen LogP contribution in [0.25, 0.3) is 0 Å². The SMILES string of the molecule is CC(O)(CNC1CCCC1)C(=O)O. The lowest BCUT2D eigenvalue weighted by Crippen LogP contribution is -2.47. The molecule has 1 aliphatic carbocycles. The second-order valence-electron chi connectivity index (χ2n) is 3.94. The van der Waals surface area contributed by atoms with Crippen LogP contribution in [0, 0.1) is 0 Å². The van der Waals surface area contributed by atoms with Gasteiger partial charge in [0, 0.05) is 12.6 Å². The molecule has 1 fully saturated rings. The number of carbonyl (C=O) groups is 1. The topological polar surface area (TPSA) is 69.6 Å². The molecular formula is C9H17NO3. The first-order valence-electron chi connectivity index (χ1n) is 4.71. The highest BCUT2D eigenvalue weighted by Gasteiger charge is 2.30. The molecule has 4 nitrogen and oxygen atoms in total. The molecule has 0 aromatic rings. The smallest absolute Gasteiger partial charge is 0.336 e. The van der Waals surface area contributed by atoms with Gasteiger partial charge in [0.15, 0.2) is 5.60 Å². The predicted octanol–water partition coefficient (Wildman–Crippen LogP) is 0.354. The van der Waals surface area contributed by atoms with Crippen LogP contribution in [-0.4, -0.2) is 34.4 Å². The van der Waals surface area contributed by atoms with Gasteiger partial charge in [-0.3, -0.25) is 0 Å². The molecule has 1 atom stereocenters. The Hall–Kier alpha value is -0.610. The number of nitrogens with one attached hydrogen (secondary N) is 1. The number of rotatable bonds is 4. The number of aliphatic hydroxyl groups is 1. The minimum absolute atomic E-state index is 0.132. The van der Waals surface area contributed by atoms with E-state index < -0.39 is 11.6 Å². The summed E-state index contributed by atoms with van der Waals surface area (Å²) >= 11 is 0. The van der Waals surface area contributed by atoms with Crippen LogP contribution in [-0.2, 0) is 4.79 Å². The van der Waals surface area contributed by atoms with Crippen LogP contribution < -0.4 is 5.32 Å². The molecule has 3 N–H and O–H groups in total. The summed E-state index contributed by atoms with van der Waals surface area (Å²) < 4.78 is 0. The summed E-state index contributed by atoms with van der Waals surface area (Å²) in [5, 5.41) is 21.1. The molecule has 1 aliphatic rings. The van der Waals surface area contributed by atoms with Gasteiger partial charge in [-0.25, -0.2) is 4.79 Å². The number of hydrogen-bond donors (Lipinski definition) is 3. The van der Waals surface area contributed by atoms with Gasteiger partial charge in [-0.1, -0.05) is 12.8 Å². The van der Waals surface area contributed by atoms with Crippen LogP contribution in [0.3, 0.4) is 0 Å². The van der Waals surface area contributed by atoms with Crippen molar-refractivity contribution in [2.75, 3.05) is 6.54 Å². The molecule has 1 unspecified atom stereocenters. The quantitative estimate of drug-likeness (QED) is 0.594. The van der Waals surface area contributed by atoms with E-state index in [9.17, 15) is 9.90 Å². The Labute approximate surface area is 78.0 Å². The van der Waals surface area contributed by atoms with Gasteiger partial charge in [-0.2, -0.15) is 0 Å². The highest BCUT2D eigenvalue weighted by atomic mass is 16.4. The molecule has 0 aliphatic heterocycles. The van der Waals surface area contributed by atoms with Crippen LogP contribution in [0.2, 0.25) is 0 Å². The van der Waals surface area contributed by atoms with Crippen LogP contribution >= 0.6 is 0 Å². The van der Waals surface area contributed by atoms with Crippen molar-refractivity contribution in [1.82, 2.24) is 5.32 Å². The van der Waals surface area contributed by atoms with Crippen LogP contribution in [0.5, 0.6) is 0 Å². The molecule has 1 rings (SSSR count). The van der Waals surface area contributed by atoms with E-state index in [-0.39, 0.29) is 6.54 Å². The minimum atomic E-state index is -1.64. The molecule has 0 aromatic carbocycles. The fourth-order valence-corrected chi connectivity index (χ4v) is 1.55. The van der Waals surface area contributed by atoms with E-state index in [2.05, 4.69) is 5.32 Å². The lowest BCUT2D eigenvalue weighted by Gasteiger charge is -2.21. The molecule has 0 radical (unpaired) electrons. The molecule has 13 heavy (non-hydrogen) atoms. The number of carboxylic acid groups (broad SMARTS) is 1. The summed E-state index contributed by atoms with van der Waals surface area (Å²) in [6, 6.07) is 0.394. The Kier molecular flexibility index (Phi) is 3.27. The molecular weight excluding hydrogens is 170 g/mol. The van der Waals surface area contributed by atoms with E-state index in [0.717, 1.165) is 12.8 Å². The standard InChI is InChI=1S/C9H17NO3/c1-9(13,8(11)12)6-10-7-4-2-3-5-7/h7,10,13H,2-6H2,1H3,(H,11,12). The maximum Gasteiger partial charge on any atom is 0.336 e. The van der Waals surface area contributed by atoms with E-state index >= 15 is 0 Å². The van der Waals surface area contributed by atoms with Crippen LogP contribution in [0.1, 0.15) is 32.6 Å². The third-order valence-electron chi connectivity index (χ3n) is 2.55. The van der Waals surface area contributed by atoms with Crippen LogP contribution in [0.15, 0.2) is 0 Å². The second-order valence-corrected chi connectivity index (χ2v) is 3.94. The van der Waals surface area contributed by atoms with Crippen molar-refractivity contribution in [3.63, 3.8) is 0 Å². The Balaban J connectivity index is 2.28. The van der Waals surface area contributed by atoms with Gasteiger partial charge in [0.05, 0.1) is 0 Å². The summed E-state index contributed by atoms with van der Waals surface area (Å²) in [6.45, 7) is 1.45. The van der Waals surface area contributed by atoms with Crippen molar-refractivity contribution in [1.29, 1.82) is 0 Å². The third-order valence-corrected chi connectivity index (χ3v) is 2.55. The molecule has 0 spiro atoms. The Bertz CT molecular complexity index is 185. The first-order chi connectivity index (χ1) is 6.02. The van der Waals surface area contributed by atoms with Crippen molar-refractivity contribution < 1.29 is 15.0 Å². The van der Waals surface area contributed by atoms with E-state index in [1.54, 1.807) is 0 Å². The first-order valence-corrected chi connectivity index (χ1v) is 4.71. The molecule has 0 heterocycles. The lowest BCUT2D eigenvalue weighted by molar-refractivity contribution is -0.156. The summed E-state index contributed by atoms with van der Waals surface area (Å²) in [4.78, 5) is 10.5. The lowest BCUT2D eigenvalue weighted by atomic mass is 10.1. The zero-order chi connectivity index (χ0) is 9.90. The van der Waals surface area contributed by atoms with Crippen molar-refractivity contribution >= 4 is 5.97 Å². The normalized spacial score (nSPS) is 22.9. The molecule has 4 heteroatoms. The maximum atomic E-state index is 10.5. The van der Waals surface area contributed by atoms with Gasteiger partial charge in [0.1, 0.15) is 0 Å². The second kappa shape index (κ2) is 4.07. The summed E-state index contributed by atoms with van der Waals surface area (Å²) in [5.74, 6) is -1.17. The first kappa shape index (κ1) is 10.5. The molecule has 0 amide bonds. The van der Waals surface area contributed by atoms with Crippen LogP contribution in [0.4, 0.5) is 0 Å². The number of hydrogen-bond acceptors (Lipinski definition) is 3. The Morgan fingerprint density at radius 2 is 2.08 bits per heavy atom. The van der Waals surface area contributed by atoms with E-state index in [0.29, 0.717) is 6.04 Å². The molecule has 1 saturated carbocycles. The number of carboxylic acids is 1. The molecule has 0 aromatic heterocycles. The van der Waals surface area contributed by atoms with Gasteiger partial charge in [0.2, 0.25) is 0 Å². The monoisotopic (exact) mass is 187 g/mol. The zero-order valence-corrected chi connectivity index (χ0v) is 7.92. The van der Waals surface area contributed by atoms with Gasteiger partial charge in [0.25, 0.3) is 0 Å². The van der Waals surface area contributed by atoms with Crippen molar-refractivity contribution in [2.45, 2.75) is 44.2 Å². The van der Waals surface area contributed by atoms with Gasteiger partial charge < -0.3 is 15.5 Å². The predicted molar refractivity (Wildman–Crippen MR) is 48.5 cm³/mol. The highest BCUT2D eigenvalue weighted by molar-refractivity contribution is 5.76. The molecule has 0 bridgehead atoms. The summed E-state index contributed by atoms with van der Waals surface area (Å²) in [5.41, 5.74) is -1.64. The van der Waals surface area contributed by atoms with Crippen molar-refractivity contribution in [3.05, 3.63) is 0 Å². The van der Waals surface area contributed by atoms with Crippen molar-refractivity contribution in [3.8, 4) is 0 Å². The third kappa shape index (κ3) is 2.97. The summed E-state index contributed by atoms with van der Waals surface area (Å²) in [7, 11) is 0. The fraction of sp³-hybridized carbons (Fsp3) is 0.889. The Morgan fingerprint density at radius 1 is 1.54 bits per heavy atom. The van der Waals surface area contributed by atoms with E-state index in [1.165, 1.54) is 19.8 Å². The highest BCUT2D eigenvalue weighted by Crippen LogP contribution is 2.18. The van der Waals surface area contributed by atoms with Gasteiger partial charge >= 0.3 is 5.97 Å². The maximum absolute atomic E-state index is 10.5. The molecule has 0 saturated heterocycles. The zero-order valence-electron chi connectivity index (χ0n) is 7.92. The Morgan fingerprint density at radius 3 is 2.54 bits per heavy atom. The average Bonchev–Trinajstić information content (AvgIpc) is 2.52. The van der Waals surface area contributed by atoms with E-state index in [1.807, 2.05) is 0 Å². The summed E-state index contributed by atoms with van der Waals surface area (Å²) in [6.07, 6.45) is 4.59. The minimum Gasteiger partial charge on any atom is -0.479 e. The van der Waals surface area contributed by atoms with E-state index in [4.69, 9.17) is 5.11 Å². The largest absolute Gasteiger partial charge is 0.479 e. The van der Waals surface area contributed by atoms with Crippen molar-refractivity contribution in [2.24, 2.45) is 0 Å². The van der Waals surface area contributed by atoms with Gasteiger partial charge in [-0.15, -0.1) is 0 Å². The molecule has 76 valence electrons. The number of aliphatic carboxylic acids is 1.